The van der Waals surface area contributed by atoms with E-state index in [1.807, 2.05) is 0 Å². The Bertz CT molecular complexity index is 264. The van der Waals surface area contributed by atoms with Gasteiger partial charge in [-0.3, -0.25) is 9.59 Å². The highest BCUT2D eigenvalue weighted by Crippen LogP contribution is 2.21. The molecule has 1 aliphatic heterocycles. The van der Waals surface area contributed by atoms with Crippen molar-refractivity contribution in [2.45, 2.75) is 32.2 Å². The van der Waals surface area contributed by atoms with E-state index in [-0.39, 0.29) is 13.2 Å². The van der Waals surface area contributed by atoms with Crippen molar-refractivity contribution in [2.24, 2.45) is 0 Å². The van der Waals surface area contributed by atoms with Gasteiger partial charge in [0.2, 0.25) is 0 Å². The zero-order chi connectivity index (χ0) is 12.1. The summed E-state index contributed by atoms with van der Waals surface area (Å²) in [4.78, 5) is 21.8. The van der Waals surface area contributed by atoms with Crippen molar-refractivity contribution in [3.8, 4) is 0 Å². The summed E-state index contributed by atoms with van der Waals surface area (Å²) in [5, 5.41) is 0. The summed E-state index contributed by atoms with van der Waals surface area (Å²) in [7, 11) is 1.52. The Labute approximate surface area is 93.8 Å². The maximum atomic E-state index is 10.9. The minimum atomic E-state index is -0.596. The van der Waals surface area contributed by atoms with Crippen LogP contribution in [0.15, 0.2) is 0 Å². The number of hydrogen-bond donors (Lipinski definition) is 0. The standard InChI is InChI=1S/C10H16O6/c1-6(11)15-9-5-14-8(4-13-3)10(9)16-7(2)12/h8-10H,4-5H2,1-3H3/t8-,9+,10-/m1/s1. The van der Waals surface area contributed by atoms with Crippen LogP contribution in [-0.4, -0.2) is 50.6 Å². The maximum Gasteiger partial charge on any atom is 0.303 e. The van der Waals surface area contributed by atoms with E-state index in [2.05, 4.69) is 0 Å². The summed E-state index contributed by atoms with van der Waals surface area (Å²) in [5.41, 5.74) is 0. The first-order valence-electron chi connectivity index (χ1n) is 4.99. The van der Waals surface area contributed by atoms with Crippen molar-refractivity contribution in [1.82, 2.24) is 0 Å². The molecule has 0 aromatic heterocycles. The van der Waals surface area contributed by atoms with Gasteiger partial charge in [-0.15, -0.1) is 0 Å². The number of carbonyl (C=O) groups excluding carboxylic acids is 2. The largest absolute Gasteiger partial charge is 0.456 e. The van der Waals surface area contributed by atoms with Gasteiger partial charge in [-0.05, 0) is 0 Å². The molecular formula is C10H16O6. The Morgan fingerprint density at radius 3 is 2.38 bits per heavy atom. The van der Waals surface area contributed by atoms with Crippen LogP contribution >= 0.6 is 0 Å². The lowest BCUT2D eigenvalue weighted by Crippen LogP contribution is -2.39. The van der Waals surface area contributed by atoms with Crippen LogP contribution in [-0.2, 0) is 28.5 Å². The minimum Gasteiger partial charge on any atom is -0.456 e. The fourth-order valence-electron chi connectivity index (χ4n) is 1.61. The Balaban J connectivity index is 2.62. The second-order valence-electron chi connectivity index (χ2n) is 3.55. The van der Waals surface area contributed by atoms with Gasteiger partial charge in [-0.2, -0.15) is 0 Å². The van der Waals surface area contributed by atoms with Crippen molar-refractivity contribution < 1.29 is 28.5 Å². The molecule has 3 atom stereocenters. The zero-order valence-corrected chi connectivity index (χ0v) is 9.60. The molecule has 0 unspecified atom stereocenters. The molecule has 6 nitrogen and oxygen atoms in total. The van der Waals surface area contributed by atoms with Gasteiger partial charge in [0.05, 0.1) is 13.2 Å². The molecule has 1 aliphatic rings. The van der Waals surface area contributed by atoms with Gasteiger partial charge in [0.25, 0.3) is 0 Å². The van der Waals surface area contributed by atoms with Crippen LogP contribution in [0.4, 0.5) is 0 Å². The molecule has 6 heteroatoms. The van der Waals surface area contributed by atoms with Gasteiger partial charge in [-0.25, -0.2) is 0 Å². The Morgan fingerprint density at radius 1 is 1.25 bits per heavy atom. The molecule has 1 rings (SSSR count). The Hall–Kier alpha value is -1.14. The highest BCUT2D eigenvalue weighted by atomic mass is 16.6. The van der Waals surface area contributed by atoms with Crippen molar-refractivity contribution >= 4 is 11.9 Å². The Kier molecular flexibility index (Phi) is 4.70. The van der Waals surface area contributed by atoms with Gasteiger partial charge < -0.3 is 18.9 Å². The predicted octanol–water partition coefficient (Wildman–Crippen LogP) is -0.105. The molecule has 0 amide bonds. The zero-order valence-electron chi connectivity index (χ0n) is 9.60. The molecular weight excluding hydrogens is 216 g/mol. The smallest absolute Gasteiger partial charge is 0.303 e. The average Bonchev–Trinajstić information content (AvgIpc) is 2.49. The predicted molar refractivity (Wildman–Crippen MR) is 52.7 cm³/mol. The third-order valence-corrected chi connectivity index (χ3v) is 2.16. The van der Waals surface area contributed by atoms with Crippen LogP contribution in [0.2, 0.25) is 0 Å². The van der Waals surface area contributed by atoms with Crippen LogP contribution in [0.25, 0.3) is 0 Å². The van der Waals surface area contributed by atoms with E-state index in [0.717, 1.165) is 0 Å². The van der Waals surface area contributed by atoms with Crippen LogP contribution in [0.1, 0.15) is 13.8 Å². The second-order valence-corrected chi connectivity index (χ2v) is 3.55. The quantitative estimate of drug-likeness (QED) is 0.630. The lowest BCUT2D eigenvalue weighted by Gasteiger charge is -2.21. The summed E-state index contributed by atoms with van der Waals surface area (Å²) < 4.78 is 20.3. The molecule has 0 bridgehead atoms. The van der Waals surface area contributed by atoms with E-state index in [1.54, 1.807) is 0 Å². The first-order valence-corrected chi connectivity index (χ1v) is 4.99. The SMILES string of the molecule is COC[C@H]1OC[C@H](OC(C)=O)[C@@H]1OC(C)=O. The summed E-state index contributed by atoms with van der Waals surface area (Å²) >= 11 is 0. The van der Waals surface area contributed by atoms with E-state index in [0.29, 0.717) is 0 Å². The van der Waals surface area contributed by atoms with Gasteiger partial charge in [-0.1, -0.05) is 0 Å². The first kappa shape index (κ1) is 12.9. The molecule has 0 spiro atoms. The number of methoxy groups -OCH3 is 1. The molecule has 0 aliphatic carbocycles. The maximum absolute atomic E-state index is 10.9. The Morgan fingerprint density at radius 2 is 1.88 bits per heavy atom. The second kappa shape index (κ2) is 5.81. The lowest BCUT2D eigenvalue weighted by atomic mass is 10.1. The van der Waals surface area contributed by atoms with Crippen molar-refractivity contribution in [3.05, 3.63) is 0 Å². The summed E-state index contributed by atoms with van der Waals surface area (Å²) in [5.74, 6) is -0.863. The molecule has 0 radical (unpaired) electrons. The van der Waals surface area contributed by atoms with E-state index in [4.69, 9.17) is 18.9 Å². The van der Waals surface area contributed by atoms with Crippen molar-refractivity contribution in [3.63, 3.8) is 0 Å². The molecule has 0 N–H and O–H groups in total. The number of ether oxygens (including phenoxy) is 4. The summed E-state index contributed by atoms with van der Waals surface area (Å²) in [6, 6.07) is 0. The van der Waals surface area contributed by atoms with Gasteiger partial charge in [0, 0.05) is 21.0 Å². The van der Waals surface area contributed by atoms with E-state index < -0.39 is 30.3 Å². The fourth-order valence-corrected chi connectivity index (χ4v) is 1.61. The monoisotopic (exact) mass is 232 g/mol. The summed E-state index contributed by atoms with van der Waals surface area (Å²) in [6.07, 6.45) is -1.54. The molecule has 1 fully saturated rings. The topological polar surface area (TPSA) is 71.1 Å². The van der Waals surface area contributed by atoms with Crippen LogP contribution in [0.5, 0.6) is 0 Å². The minimum absolute atomic E-state index is 0.214. The van der Waals surface area contributed by atoms with Crippen LogP contribution < -0.4 is 0 Å². The molecule has 0 aromatic carbocycles. The van der Waals surface area contributed by atoms with Gasteiger partial charge >= 0.3 is 11.9 Å². The van der Waals surface area contributed by atoms with Crippen molar-refractivity contribution in [2.75, 3.05) is 20.3 Å². The molecule has 92 valence electrons. The number of esters is 2. The van der Waals surface area contributed by atoms with Crippen LogP contribution in [0, 0.1) is 0 Å². The fraction of sp³-hybridized carbons (Fsp3) is 0.800. The van der Waals surface area contributed by atoms with E-state index in [1.165, 1.54) is 21.0 Å². The third kappa shape index (κ3) is 3.46. The highest BCUT2D eigenvalue weighted by Gasteiger charge is 2.41. The van der Waals surface area contributed by atoms with Gasteiger partial charge in [0.15, 0.2) is 12.2 Å². The average molecular weight is 232 g/mol. The third-order valence-electron chi connectivity index (χ3n) is 2.16. The number of rotatable bonds is 4. The molecule has 0 aromatic rings. The number of carbonyl (C=O) groups is 2. The van der Waals surface area contributed by atoms with Gasteiger partial charge in [0.1, 0.15) is 6.10 Å². The first-order chi connectivity index (χ1) is 7.54. The highest BCUT2D eigenvalue weighted by molar-refractivity contribution is 5.67. The lowest BCUT2D eigenvalue weighted by molar-refractivity contribution is -0.163. The molecule has 1 saturated heterocycles. The molecule has 1 heterocycles. The van der Waals surface area contributed by atoms with E-state index >= 15 is 0 Å². The molecule has 16 heavy (non-hydrogen) atoms. The normalized spacial score (nSPS) is 28.8. The molecule has 0 saturated carbocycles. The summed E-state index contributed by atoms with van der Waals surface area (Å²) in [6.45, 7) is 3.10. The number of hydrogen-bond acceptors (Lipinski definition) is 6. The van der Waals surface area contributed by atoms with Crippen molar-refractivity contribution in [1.29, 1.82) is 0 Å². The van der Waals surface area contributed by atoms with Crippen LogP contribution in [0.3, 0.4) is 0 Å². The van der Waals surface area contributed by atoms with E-state index in [9.17, 15) is 9.59 Å².